The highest BCUT2D eigenvalue weighted by molar-refractivity contribution is 5.85. The summed E-state index contributed by atoms with van der Waals surface area (Å²) < 4.78 is 23.5. The highest BCUT2D eigenvalue weighted by Gasteiger charge is 2.72. The Morgan fingerprint density at radius 2 is 1.79 bits per heavy atom. The molecule has 2 saturated heterocycles. The van der Waals surface area contributed by atoms with Crippen molar-refractivity contribution in [2.24, 2.45) is 34.5 Å². The van der Waals surface area contributed by atoms with Crippen LogP contribution in [0.4, 0.5) is 0 Å². The summed E-state index contributed by atoms with van der Waals surface area (Å²) in [5.41, 5.74) is -1.78. The summed E-state index contributed by atoms with van der Waals surface area (Å²) in [6.07, 6.45) is 1.65. The van der Waals surface area contributed by atoms with Gasteiger partial charge in [-0.15, -0.1) is 0 Å². The van der Waals surface area contributed by atoms with Crippen molar-refractivity contribution < 1.29 is 49.3 Å². The lowest BCUT2D eigenvalue weighted by molar-refractivity contribution is -0.459. The van der Waals surface area contributed by atoms with Gasteiger partial charge in [0.25, 0.3) is 0 Å². The first kappa shape index (κ1) is 26.8. The Morgan fingerprint density at radius 3 is 2.51 bits per heavy atom. The normalized spacial score (nSPS) is 58.3. The van der Waals surface area contributed by atoms with Gasteiger partial charge < -0.3 is 44.5 Å². The van der Waals surface area contributed by atoms with Gasteiger partial charge in [-0.2, -0.15) is 0 Å². The number of esters is 1. The summed E-state index contributed by atoms with van der Waals surface area (Å²) in [5.74, 6) is -2.72. The Hall–Kier alpha value is -1.11. The number of aliphatic hydroxyl groups excluding tert-OH is 3. The standard InChI is InChI=1S/C29H42O10/c1-14-7-23(32)29(35)25(37-14)38-20-9-16-3-4-18-19(27(16,13-30)11-21(20)39-29)10-22(31)26(2)17(5-6-28(18,26)34)15-8-24(33)36-12-15/h8,14,16-23,25,30-32,34-35H,3-7,9-13H2,1-2H3/t14-,16+,17-,18-,19+,20-,21-,22-,23-,25+,26+,27-,28+,29+/m1/s1. The lowest BCUT2D eigenvalue weighted by Crippen LogP contribution is -2.72. The van der Waals surface area contributed by atoms with Crippen LogP contribution >= 0.6 is 0 Å². The van der Waals surface area contributed by atoms with Crippen LogP contribution in [0.1, 0.15) is 65.2 Å². The summed E-state index contributed by atoms with van der Waals surface area (Å²) in [4.78, 5) is 11.8. The molecule has 5 N–H and O–H groups in total. The van der Waals surface area contributed by atoms with Crippen molar-refractivity contribution in [1.82, 2.24) is 0 Å². The van der Waals surface area contributed by atoms with E-state index < -0.39 is 46.8 Å². The Balaban J connectivity index is 1.20. The average Bonchev–Trinajstić information content (AvgIpc) is 3.44. The van der Waals surface area contributed by atoms with Crippen LogP contribution in [0, 0.1) is 34.5 Å². The van der Waals surface area contributed by atoms with Crippen LogP contribution in [-0.2, 0) is 23.7 Å². The molecule has 0 bridgehead atoms. The molecule has 0 aromatic heterocycles. The monoisotopic (exact) mass is 550 g/mol. The predicted octanol–water partition coefficient (Wildman–Crippen LogP) is 0.765. The molecule has 0 amide bonds. The molecule has 10 heteroatoms. The van der Waals surface area contributed by atoms with Crippen molar-refractivity contribution in [3.05, 3.63) is 11.6 Å². The first-order chi connectivity index (χ1) is 18.5. The molecule has 0 aromatic carbocycles. The van der Waals surface area contributed by atoms with Gasteiger partial charge >= 0.3 is 5.97 Å². The third-order valence-corrected chi connectivity index (χ3v) is 12.4. The molecule has 39 heavy (non-hydrogen) atoms. The van der Waals surface area contributed by atoms with Gasteiger partial charge in [-0.25, -0.2) is 4.79 Å². The van der Waals surface area contributed by atoms with Crippen molar-refractivity contribution >= 4 is 5.97 Å². The molecule has 0 aromatic rings. The van der Waals surface area contributed by atoms with Crippen LogP contribution < -0.4 is 0 Å². The summed E-state index contributed by atoms with van der Waals surface area (Å²) in [6, 6.07) is 0. The van der Waals surface area contributed by atoms with E-state index in [0.717, 1.165) is 18.4 Å². The molecule has 4 aliphatic carbocycles. The number of carbonyl (C=O) groups excluding carboxylic acids is 1. The molecule has 0 unspecified atom stereocenters. The van der Waals surface area contributed by atoms with E-state index >= 15 is 0 Å². The van der Waals surface area contributed by atoms with E-state index in [1.54, 1.807) is 0 Å². The average molecular weight is 551 g/mol. The minimum absolute atomic E-state index is 0.0895. The molecule has 7 aliphatic rings. The van der Waals surface area contributed by atoms with Crippen LogP contribution in [-0.4, -0.2) is 92.9 Å². The number of aliphatic hydroxyl groups is 5. The topological polar surface area (TPSA) is 155 Å². The van der Waals surface area contributed by atoms with Crippen molar-refractivity contribution in [1.29, 1.82) is 0 Å². The fourth-order valence-corrected chi connectivity index (χ4v) is 10.4. The number of fused-ring (bicyclic) bond motifs is 7. The third-order valence-electron chi connectivity index (χ3n) is 12.4. The van der Waals surface area contributed by atoms with Crippen molar-refractivity contribution in [3.8, 4) is 0 Å². The van der Waals surface area contributed by atoms with Crippen molar-refractivity contribution in [3.63, 3.8) is 0 Å². The Kier molecular flexibility index (Phi) is 5.97. The second-order valence-electron chi connectivity index (χ2n) is 13.8. The Morgan fingerprint density at radius 1 is 1.00 bits per heavy atom. The number of rotatable bonds is 2. The van der Waals surface area contributed by atoms with E-state index in [1.807, 2.05) is 13.8 Å². The molecular formula is C29H42O10. The van der Waals surface area contributed by atoms with Gasteiger partial charge in [0.15, 0.2) is 0 Å². The van der Waals surface area contributed by atoms with Gasteiger partial charge in [0, 0.05) is 29.9 Å². The first-order valence-electron chi connectivity index (χ1n) is 14.7. The smallest absolute Gasteiger partial charge is 0.331 e. The second-order valence-corrected chi connectivity index (χ2v) is 13.8. The molecule has 3 heterocycles. The molecule has 0 radical (unpaired) electrons. The highest BCUT2D eigenvalue weighted by atomic mass is 16.8. The maximum Gasteiger partial charge on any atom is 0.331 e. The fraction of sp³-hybridized carbons (Fsp3) is 0.897. The molecule has 6 fully saturated rings. The zero-order valence-electron chi connectivity index (χ0n) is 22.7. The fourth-order valence-electron chi connectivity index (χ4n) is 10.4. The number of ether oxygens (including phenoxy) is 4. The van der Waals surface area contributed by atoms with Gasteiger partial charge in [-0.1, -0.05) is 6.92 Å². The van der Waals surface area contributed by atoms with Crippen LogP contribution in [0.3, 0.4) is 0 Å². The van der Waals surface area contributed by atoms with Gasteiger partial charge in [-0.3, -0.25) is 0 Å². The maximum absolute atomic E-state index is 12.5. The minimum Gasteiger partial charge on any atom is -0.458 e. The number of hydrogen-bond donors (Lipinski definition) is 5. The van der Waals surface area contributed by atoms with Crippen molar-refractivity contribution in [2.75, 3.05) is 13.2 Å². The molecule has 4 saturated carbocycles. The second kappa shape index (κ2) is 8.70. The van der Waals surface area contributed by atoms with Crippen LogP contribution in [0.15, 0.2) is 11.6 Å². The lowest BCUT2D eigenvalue weighted by Gasteiger charge is -2.66. The van der Waals surface area contributed by atoms with E-state index in [-0.39, 0.29) is 61.5 Å². The predicted molar refractivity (Wildman–Crippen MR) is 134 cm³/mol. The van der Waals surface area contributed by atoms with Gasteiger partial charge in [0.2, 0.25) is 12.1 Å². The summed E-state index contributed by atoms with van der Waals surface area (Å²) in [6.45, 7) is 3.87. The summed E-state index contributed by atoms with van der Waals surface area (Å²) >= 11 is 0. The molecule has 3 aliphatic heterocycles. The SMILES string of the molecule is C[C@@H]1C[C@@H](O)[C@]2(O)O[C@@H]3C[C@@]4(CO)[C@@H](CC[C@@H]5[C@@H]4C[C@@H](O)[C@]4(C)[C@@H](C6=CC(=O)OC6)CC[C@]54O)C[C@H]3O[C@@H]2O1. The van der Waals surface area contributed by atoms with Crippen molar-refractivity contribution in [2.45, 2.75) is 113 Å². The Labute approximate surface area is 228 Å². The van der Waals surface area contributed by atoms with E-state index in [0.29, 0.717) is 32.1 Å². The molecular weight excluding hydrogens is 508 g/mol. The van der Waals surface area contributed by atoms with Gasteiger partial charge in [-0.05, 0) is 81.1 Å². The molecule has 7 rings (SSSR count). The van der Waals surface area contributed by atoms with E-state index in [9.17, 15) is 30.3 Å². The zero-order chi connectivity index (χ0) is 27.5. The summed E-state index contributed by atoms with van der Waals surface area (Å²) in [5, 5.41) is 57.3. The minimum atomic E-state index is -1.98. The third kappa shape index (κ3) is 3.40. The van der Waals surface area contributed by atoms with Crippen LogP contribution in [0.5, 0.6) is 0 Å². The molecule has 14 atom stereocenters. The van der Waals surface area contributed by atoms with Gasteiger partial charge in [0.1, 0.15) is 12.7 Å². The first-order valence-corrected chi connectivity index (χ1v) is 14.7. The molecule has 218 valence electrons. The number of hydrogen-bond acceptors (Lipinski definition) is 10. The van der Waals surface area contributed by atoms with E-state index in [2.05, 4.69) is 0 Å². The quantitative estimate of drug-likeness (QED) is 0.246. The van der Waals surface area contributed by atoms with Gasteiger partial charge in [0.05, 0.1) is 30.0 Å². The lowest BCUT2D eigenvalue weighted by atomic mass is 9.42. The molecule has 10 nitrogen and oxygen atoms in total. The van der Waals surface area contributed by atoms with E-state index in [4.69, 9.17) is 18.9 Å². The zero-order valence-corrected chi connectivity index (χ0v) is 22.7. The Bertz CT molecular complexity index is 1060. The molecule has 0 spiro atoms. The largest absolute Gasteiger partial charge is 0.458 e. The summed E-state index contributed by atoms with van der Waals surface area (Å²) in [7, 11) is 0. The number of carbonyl (C=O) groups is 1. The maximum atomic E-state index is 12.5. The van der Waals surface area contributed by atoms with Crippen LogP contribution in [0.2, 0.25) is 0 Å². The van der Waals surface area contributed by atoms with E-state index in [1.165, 1.54) is 6.08 Å². The number of cyclic esters (lactones) is 1. The highest BCUT2D eigenvalue weighted by Crippen LogP contribution is 2.70. The van der Waals surface area contributed by atoms with Crippen LogP contribution in [0.25, 0.3) is 0 Å².